The van der Waals surface area contributed by atoms with E-state index in [1.165, 1.54) is 10.4 Å². The van der Waals surface area contributed by atoms with Crippen molar-refractivity contribution >= 4 is 17.2 Å². The Kier molecular flexibility index (Phi) is 5.52. The molecule has 0 fully saturated rings. The normalized spacial score (nSPS) is 15.2. The number of carbonyl (C=O) groups is 1. The van der Waals surface area contributed by atoms with Crippen LogP contribution in [0.4, 0.5) is 0 Å². The van der Waals surface area contributed by atoms with Crippen LogP contribution >= 0.6 is 11.3 Å². The zero-order valence-corrected chi connectivity index (χ0v) is 15.6. The first-order chi connectivity index (χ1) is 12.1. The van der Waals surface area contributed by atoms with Crippen molar-refractivity contribution in [2.75, 3.05) is 19.6 Å². The summed E-state index contributed by atoms with van der Waals surface area (Å²) in [6.45, 7) is 7.03. The Morgan fingerprint density at radius 2 is 2.12 bits per heavy atom. The molecule has 130 valence electrons. The Bertz CT molecular complexity index is 775. The van der Waals surface area contributed by atoms with Crippen LogP contribution in [-0.2, 0) is 17.8 Å². The molecule has 3 rings (SSSR count). The minimum Gasteiger partial charge on any atom is -0.335 e. The lowest BCUT2D eigenvalue weighted by Crippen LogP contribution is -2.42. The SMILES string of the molecule is CCN(C(=O)CN1CCc2sccc2C1)C(C)c1ccc(C#N)cc1. The van der Waals surface area contributed by atoms with Gasteiger partial charge in [-0.05, 0) is 55.0 Å². The number of thiophene rings is 1. The van der Waals surface area contributed by atoms with Gasteiger partial charge in [0, 0.05) is 24.5 Å². The molecule has 0 spiro atoms. The zero-order chi connectivity index (χ0) is 17.8. The van der Waals surface area contributed by atoms with E-state index < -0.39 is 0 Å². The van der Waals surface area contributed by atoms with Crippen LogP contribution in [0.15, 0.2) is 35.7 Å². The summed E-state index contributed by atoms with van der Waals surface area (Å²) in [5.41, 5.74) is 3.07. The molecule has 5 heteroatoms. The molecule has 1 atom stereocenters. The van der Waals surface area contributed by atoms with Crippen molar-refractivity contribution in [2.45, 2.75) is 32.9 Å². The third-order valence-corrected chi connectivity index (χ3v) is 5.92. The summed E-state index contributed by atoms with van der Waals surface area (Å²) in [5, 5.41) is 11.1. The van der Waals surface area contributed by atoms with E-state index in [2.05, 4.69) is 29.3 Å². The fourth-order valence-corrected chi connectivity index (χ4v) is 4.30. The number of rotatable bonds is 5. The molecule has 0 radical (unpaired) electrons. The maximum absolute atomic E-state index is 12.9. The van der Waals surface area contributed by atoms with Crippen molar-refractivity contribution < 1.29 is 4.79 Å². The second-order valence-electron chi connectivity index (χ2n) is 6.42. The number of benzene rings is 1. The number of hydrogen-bond donors (Lipinski definition) is 0. The van der Waals surface area contributed by atoms with Crippen LogP contribution in [-0.4, -0.2) is 35.3 Å². The van der Waals surface area contributed by atoms with E-state index in [1.807, 2.05) is 47.4 Å². The molecule has 1 aromatic carbocycles. The molecule has 1 amide bonds. The Labute approximate surface area is 153 Å². The monoisotopic (exact) mass is 353 g/mol. The standard InChI is InChI=1S/C20H23N3OS/c1-3-23(15(2)17-6-4-16(12-21)5-7-17)20(24)14-22-10-8-19-18(13-22)9-11-25-19/h4-7,9,11,15H,3,8,10,13-14H2,1-2H3. The number of fused-ring (bicyclic) bond motifs is 1. The highest BCUT2D eigenvalue weighted by atomic mass is 32.1. The van der Waals surface area contributed by atoms with Crippen molar-refractivity contribution in [1.82, 2.24) is 9.80 Å². The second kappa shape index (κ2) is 7.81. The molecule has 1 aliphatic rings. The minimum atomic E-state index is 0.00624. The van der Waals surface area contributed by atoms with Gasteiger partial charge in [-0.25, -0.2) is 0 Å². The molecule has 1 unspecified atom stereocenters. The van der Waals surface area contributed by atoms with Crippen LogP contribution in [0.5, 0.6) is 0 Å². The topological polar surface area (TPSA) is 47.3 Å². The van der Waals surface area contributed by atoms with E-state index in [-0.39, 0.29) is 11.9 Å². The van der Waals surface area contributed by atoms with Gasteiger partial charge in [-0.2, -0.15) is 5.26 Å². The summed E-state index contributed by atoms with van der Waals surface area (Å²) >= 11 is 1.82. The van der Waals surface area contributed by atoms with Crippen molar-refractivity contribution in [3.05, 3.63) is 57.3 Å². The first kappa shape index (κ1) is 17.7. The largest absolute Gasteiger partial charge is 0.335 e. The average molecular weight is 353 g/mol. The smallest absolute Gasteiger partial charge is 0.237 e. The lowest BCUT2D eigenvalue weighted by Gasteiger charge is -2.32. The molecular weight excluding hydrogens is 330 g/mol. The molecule has 25 heavy (non-hydrogen) atoms. The molecular formula is C20H23N3OS. The van der Waals surface area contributed by atoms with Gasteiger partial charge in [-0.3, -0.25) is 9.69 Å². The lowest BCUT2D eigenvalue weighted by atomic mass is 10.0. The zero-order valence-electron chi connectivity index (χ0n) is 14.7. The number of nitriles is 1. The number of carbonyl (C=O) groups excluding carboxylic acids is 1. The van der Waals surface area contributed by atoms with Crippen molar-refractivity contribution in [3.63, 3.8) is 0 Å². The fourth-order valence-electron chi connectivity index (χ4n) is 3.41. The highest BCUT2D eigenvalue weighted by Crippen LogP contribution is 2.25. The summed E-state index contributed by atoms with van der Waals surface area (Å²) in [7, 11) is 0. The van der Waals surface area contributed by atoms with Crippen LogP contribution in [0, 0.1) is 11.3 Å². The van der Waals surface area contributed by atoms with E-state index >= 15 is 0 Å². The first-order valence-corrected chi connectivity index (χ1v) is 9.57. The first-order valence-electron chi connectivity index (χ1n) is 8.69. The maximum atomic E-state index is 12.9. The fraction of sp³-hybridized carbons (Fsp3) is 0.400. The minimum absolute atomic E-state index is 0.00624. The summed E-state index contributed by atoms with van der Waals surface area (Å²) in [5.74, 6) is 0.165. The van der Waals surface area contributed by atoms with Gasteiger partial charge in [-0.15, -0.1) is 11.3 Å². The molecule has 4 nitrogen and oxygen atoms in total. The summed E-state index contributed by atoms with van der Waals surface area (Å²) in [6.07, 6.45) is 1.04. The summed E-state index contributed by atoms with van der Waals surface area (Å²) in [4.78, 5) is 18.5. The molecule has 0 aliphatic carbocycles. The van der Waals surface area contributed by atoms with Gasteiger partial charge < -0.3 is 4.90 Å². The van der Waals surface area contributed by atoms with Gasteiger partial charge in [0.25, 0.3) is 0 Å². The molecule has 1 aliphatic heterocycles. The molecule has 2 heterocycles. The molecule has 0 saturated carbocycles. The predicted molar refractivity (Wildman–Crippen MR) is 100 cm³/mol. The van der Waals surface area contributed by atoms with E-state index in [1.54, 1.807) is 0 Å². The number of likely N-dealkylation sites (N-methyl/N-ethyl adjacent to an activating group) is 1. The Morgan fingerprint density at radius 3 is 2.80 bits per heavy atom. The van der Waals surface area contributed by atoms with Crippen molar-refractivity contribution in [1.29, 1.82) is 5.26 Å². The molecule has 2 aromatic rings. The Hall–Kier alpha value is -2.16. The highest BCUT2D eigenvalue weighted by Gasteiger charge is 2.24. The number of hydrogen-bond acceptors (Lipinski definition) is 4. The van der Waals surface area contributed by atoms with Crippen LogP contribution < -0.4 is 0 Å². The number of nitrogens with zero attached hydrogens (tertiary/aromatic N) is 3. The second-order valence-corrected chi connectivity index (χ2v) is 7.42. The third-order valence-electron chi connectivity index (χ3n) is 4.90. The predicted octanol–water partition coefficient (Wildman–Crippen LogP) is 3.59. The van der Waals surface area contributed by atoms with Gasteiger partial charge in [0.05, 0.1) is 24.2 Å². The van der Waals surface area contributed by atoms with E-state index in [4.69, 9.17) is 5.26 Å². The van der Waals surface area contributed by atoms with Gasteiger partial charge in [0.2, 0.25) is 5.91 Å². The van der Waals surface area contributed by atoms with E-state index in [0.29, 0.717) is 18.7 Å². The molecule has 1 aromatic heterocycles. The van der Waals surface area contributed by atoms with Gasteiger partial charge in [-0.1, -0.05) is 12.1 Å². The maximum Gasteiger partial charge on any atom is 0.237 e. The molecule has 0 N–H and O–H groups in total. The highest BCUT2D eigenvalue weighted by molar-refractivity contribution is 7.10. The van der Waals surface area contributed by atoms with Crippen LogP contribution in [0.25, 0.3) is 0 Å². The third kappa shape index (κ3) is 3.92. The van der Waals surface area contributed by atoms with Gasteiger partial charge in [0.1, 0.15) is 0 Å². The number of amides is 1. The van der Waals surface area contributed by atoms with Gasteiger partial charge in [0.15, 0.2) is 0 Å². The quantitative estimate of drug-likeness (QED) is 0.825. The van der Waals surface area contributed by atoms with Crippen LogP contribution in [0.3, 0.4) is 0 Å². The van der Waals surface area contributed by atoms with Gasteiger partial charge >= 0.3 is 0 Å². The Morgan fingerprint density at radius 1 is 1.36 bits per heavy atom. The van der Waals surface area contributed by atoms with Crippen LogP contribution in [0.1, 0.15) is 41.5 Å². The summed E-state index contributed by atoms with van der Waals surface area (Å²) < 4.78 is 0. The lowest BCUT2D eigenvalue weighted by molar-refractivity contribution is -0.134. The van der Waals surface area contributed by atoms with E-state index in [9.17, 15) is 4.79 Å². The average Bonchev–Trinajstić information content (AvgIpc) is 3.10. The Balaban J connectivity index is 1.65. The van der Waals surface area contributed by atoms with Crippen LogP contribution in [0.2, 0.25) is 0 Å². The van der Waals surface area contributed by atoms with Crippen molar-refractivity contribution in [2.24, 2.45) is 0 Å². The van der Waals surface area contributed by atoms with Crippen molar-refractivity contribution in [3.8, 4) is 6.07 Å². The molecule has 0 bridgehead atoms. The molecule has 0 saturated heterocycles. The summed E-state index contributed by atoms with van der Waals surface area (Å²) in [6, 6.07) is 11.8. The van der Waals surface area contributed by atoms with E-state index in [0.717, 1.165) is 25.1 Å².